The SMILES string of the molecule is c1cc(-c2cccc3c2sc2ccccc23)cc(C2CCC3C(C2)c2cccc4c2C2C(CCCC32)C2CCCCC42)c1. The van der Waals surface area contributed by atoms with E-state index in [0.717, 1.165) is 41.4 Å². The molecule has 0 aliphatic heterocycles. The van der Waals surface area contributed by atoms with Gasteiger partial charge in [-0.05, 0) is 132 Å². The minimum atomic E-state index is 0.667. The van der Waals surface area contributed by atoms with E-state index in [0.29, 0.717) is 5.92 Å². The topological polar surface area (TPSA) is 0 Å². The smallest absolute Gasteiger partial charge is 0.0433 e. The molecule has 3 saturated carbocycles. The maximum absolute atomic E-state index is 2.60. The second kappa shape index (κ2) is 9.80. The van der Waals surface area contributed by atoms with Gasteiger partial charge in [-0.25, -0.2) is 0 Å². The summed E-state index contributed by atoms with van der Waals surface area (Å²) in [6.07, 6.45) is 14.5. The van der Waals surface area contributed by atoms with Crippen LogP contribution in [0.3, 0.4) is 0 Å². The predicted molar refractivity (Wildman–Crippen MR) is 182 cm³/mol. The number of hydrogen-bond acceptors (Lipinski definition) is 1. The zero-order valence-corrected chi connectivity index (χ0v) is 26.0. The summed E-state index contributed by atoms with van der Waals surface area (Å²) in [7, 11) is 0. The largest absolute Gasteiger partial charge is 0.135 e. The summed E-state index contributed by atoms with van der Waals surface area (Å²) in [4.78, 5) is 0. The van der Waals surface area contributed by atoms with Crippen molar-refractivity contribution in [2.75, 3.05) is 0 Å². The minimum absolute atomic E-state index is 0.667. The van der Waals surface area contributed by atoms with Crippen LogP contribution in [0, 0.1) is 23.7 Å². The highest BCUT2D eigenvalue weighted by atomic mass is 32.1. The summed E-state index contributed by atoms with van der Waals surface area (Å²) in [5.41, 5.74) is 9.89. The van der Waals surface area contributed by atoms with Crippen LogP contribution >= 0.6 is 11.3 Å². The molecule has 3 fully saturated rings. The fourth-order valence-corrected chi connectivity index (χ4v) is 12.9. The molecule has 0 radical (unpaired) electrons. The van der Waals surface area contributed by atoms with Crippen LogP contribution in [0.15, 0.2) is 84.9 Å². The van der Waals surface area contributed by atoms with E-state index < -0.39 is 0 Å². The Morgan fingerprint density at radius 3 is 2.23 bits per heavy atom. The lowest BCUT2D eigenvalue weighted by atomic mass is 9.46. The van der Waals surface area contributed by atoms with Crippen molar-refractivity contribution in [3.8, 4) is 11.1 Å². The Morgan fingerprint density at radius 1 is 0.558 bits per heavy atom. The molecule has 0 amide bonds. The Labute approximate surface area is 260 Å². The molecular weight excluding hydrogens is 537 g/mol. The number of benzene rings is 4. The van der Waals surface area contributed by atoms with Crippen molar-refractivity contribution in [2.24, 2.45) is 23.7 Å². The molecular formula is C42H42S. The van der Waals surface area contributed by atoms with Crippen molar-refractivity contribution in [1.29, 1.82) is 0 Å². The monoisotopic (exact) mass is 578 g/mol. The van der Waals surface area contributed by atoms with Crippen LogP contribution in [0.5, 0.6) is 0 Å². The summed E-state index contributed by atoms with van der Waals surface area (Å²) in [5, 5.41) is 2.80. The lowest BCUT2D eigenvalue weighted by molar-refractivity contribution is 0.0347. The van der Waals surface area contributed by atoms with Gasteiger partial charge in [0, 0.05) is 20.2 Å². The molecule has 1 heteroatoms. The standard InChI is InChI=1S/C42H42S/c1-2-12-30-29(11-1)33-15-7-17-35-31-22-21-26(24-38(31)36-18-8-16-34(30)41(36)40(33)35)25-9-5-10-27(23-25)28-14-6-19-37-32-13-3-4-20-39(32)43-42(28)37/h3-6,8-10,13-14,16,18-20,23,26,29-31,33,35,38,40H,1-2,7,11-12,15,17,21-22,24H2. The van der Waals surface area contributed by atoms with Gasteiger partial charge in [0.05, 0.1) is 0 Å². The summed E-state index contributed by atoms with van der Waals surface area (Å²) in [5.74, 6) is 6.95. The van der Waals surface area contributed by atoms with Gasteiger partial charge < -0.3 is 0 Å². The number of hydrogen-bond donors (Lipinski definition) is 0. The molecule has 5 aromatic rings. The van der Waals surface area contributed by atoms with Crippen molar-refractivity contribution in [3.63, 3.8) is 0 Å². The van der Waals surface area contributed by atoms with E-state index >= 15 is 0 Å². The molecule has 1 heterocycles. The number of thiophene rings is 1. The average Bonchev–Trinajstić information content (AvgIpc) is 3.47. The molecule has 0 saturated heterocycles. The third-order valence-corrected chi connectivity index (χ3v) is 14.4. The highest BCUT2D eigenvalue weighted by Gasteiger charge is 2.54. The zero-order chi connectivity index (χ0) is 28.1. The summed E-state index contributed by atoms with van der Waals surface area (Å²) in [6.45, 7) is 0. The van der Waals surface area contributed by atoms with Crippen molar-refractivity contribution in [1.82, 2.24) is 0 Å². The lowest BCUT2D eigenvalue weighted by Crippen LogP contribution is -2.47. The van der Waals surface area contributed by atoms with Gasteiger partial charge in [-0.2, -0.15) is 0 Å². The summed E-state index contributed by atoms with van der Waals surface area (Å²) in [6, 6.07) is 33.2. The first-order chi connectivity index (χ1) is 21.3. The van der Waals surface area contributed by atoms with Gasteiger partial charge in [-0.15, -0.1) is 11.3 Å². The molecule has 0 N–H and O–H groups in total. The van der Waals surface area contributed by atoms with E-state index in [1.807, 2.05) is 22.5 Å². The van der Waals surface area contributed by atoms with E-state index in [-0.39, 0.29) is 0 Å². The second-order valence-electron chi connectivity index (χ2n) is 14.9. The van der Waals surface area contributed by atoms with Crippen LogP contribution in [0.25, 0.3) is 31.3 Å². The van der Waals surface area contributed by atoms with E-state index in [2.05, 4.69) is 84.9 Å². The van der Waals surface area contributed by atoms with Gasteiger partial charge in [0.15, 0.2) is 0 Å². The van der Waals surface area contributed by atoms with Crippen LogP contribution in [0.1, 0.15) is 110 Å². The minimum Gasteiger partial charge on any atom is -0.135 e. The van der Waals surface area contributed by atoms with E-state index in [9.17, 15) is 0 Å². The third-order valence-electron chi connectivity index (χ3n) is 13.2. The van der Waals surface area contributed by atoms with Crippen molar-refractivity contribution in [2.45, 2.75) is 87.9 Å². The lowest BCUT2D eigenvalue weighted by Gasteiger charge is -2.59. The fourth-order valence-electron chi connectivity index (χ4n) is 11.6. The maximum atomic E-state index is 2.60. The molecule has 1 aromatic heterocycles. The van der Waals surface area contributed by atoms with Crippen molar-refractivity contribution in [3.05, 3.63) is 107 Å². The summed E-state index contributed by atoms with van der Waals surface area (Å²) >= 11 is 1.96. The first-order valence-electron chi connectivity index (χ1n) is 17.5. The second-order valence-corrected chi connectivity index (χ2v) is 15.9. The van der Waals surface area contributed by atoms with Crippen molar-refractivity contribution >= 4 is 31.5 Å². The van der Waals surface area contributed by atoms with Crippen LogP contribution < -0.4 is 0 Å². The van der Waals surface area contributed by atoms with E-state index in [1.165, 1.54) is 95.5 Å². The molecule has 0 spiro atoms. The molecule has 8 unspecified atom stereocenters. The fraction of sp³-hybridized carbons (Fsp3) is 0.429. The molecule has 10 rings (SSSR count). The molecule has 4 aromatic carbocycles. The van der Waals surface area contributed by atoms with Gasteiger partial charge in [-0.1, -0.05) is 98.1 Å². The van der Waals surface area contributed by atoms with E-state index in [4.69, 9.17) is 0 Å². The number of fused-ring (bicyclic) bond motifs is 9. The quantitative estimate of drug-likeness (QED) is 0.195. The molecule has 0 nitrogen and oxygen atoms in total. The Morgan fingerprint density at radius 2 is 1.30 bits per heavy atom. The number of rotatable bonds is 2. The van der Waals surface area contributed by atoms with Gasteiger partial charge in [0.2, 0.25) is 0 Å². The van der Waals surface area contributed by atoms with Gasteiger partial charge in [0.1, 0.15) is 0 Å². The first kappa shape index (κ1) is 25.4. The Bertz CT molecular complexity index is 1860. The van der Waals surface area contributed by atoms with Crippen LogP contribution in [-0.2, 0) is 0 Å². The Hall–Kier alpha value is -2.90. The molecule has 0 bridgehead atoms. The third kappa shape index (κ3) is 3.73. The molecule has 216 valence electrons. The maximum Gasteiger partial charge on any atom is 0.0433 e. The Kier molecular flexibility index (Phi) is 5.80. The van der Waals surface area contributed by atoms with Gasteiger partial charge in [0.25, 0.3) is 0 Å². The molecule has 8 atom stereocenters. The van der Waals surface area contributed by atoms with Gasteiger partial charge in [-0.3, -0.25) is 0 Å². The van der Waals surface area contributed by atoms with Crippen LogP contribution in [0.2, 0.25) is 0 Å². The first-order valence-corrected chi connectivity index (χ1v) is 18.3. The normalized spacial score (nSPS) is 32.7. The Balaban J connectivity index is 1.03. The van der Waals surface area contributed by atoms with Crippen molar-refractivity contribution < 1.29 is 0 Å². The molecule has 5 aliphatic rings. The van der Waals surface area contributed by atoms with Gasteiger partial charge >= 0.3 is 0 Å². The van der Waals surface area contributed by atoms with Crippen LogP contribution in [-0.4, -0.2) is 0 Å². The highest BCUT2D eigenvalue weighted by Crippen LogP contribution is 2.66. The molecule has 43 heavy (non-hydrogen) atoms. The van der Waals surface area contributed by atoms with Crippen LogP contribution in [0.4, 0.5) is 0 Å². The zero-order valence-electron chi connectivity index (χ0n) is 25.2. The molecule has 5 aliphatic carbocycles. The van der Waals surface area contributed by atoms with E-state index in [1.54, 1.807) is 11.1 Å². The average molecular weight is 579 g/mol. The predicted octanol–water partition coefficient (Wildman–Crippen LogP) is 12.2. The highest BCUT2D eigenvalue weighted by molar-refractivity contribution is 7.26. The summed E-state index contributed by atoms with van der Waals surface area (Å²) < 4.78 is 2.83.